The van der Waals surface area contributed by atoms with Crippen LogP contribution in [0.15, 0.2) is 162 Å². The van der Waals surface area contributed by atoms with E-state index in [2.05, 4.69) is 133 Å². The number of furan rings is 1. The molecular weight excluding hydrogens is 597 g/mol. The molecule has 0 radical (unpaired) electrons. The van der Waals surface area contributed by atoms with Crippen LogP contribution < -0.4 is 0 Å². The highest BCUT2D eigenvalue weighted by Crippen LogP contribution is 2.47. The summed E-state index contributed by atoms with van der Waals surface area (Å²) in [6.45, 7) is 0. The smallest absolute Gasteiger partial charge is 0.230 e. The minimum absolute atomic E-state index is 0.599. The average molecular weight is 623 g/mol. The second kappa shape index (κ2) is 9.96. The van der Waals surface area contributed by atoms with Gasteiger partial charge in [-0.05, 0) is 87.9 Å². The predicted octanol–water partition coefficient (Wildman–Crippen LogP) is 12.6. The van der Waals surface area contributed by atoms with Gasteiger partial charge in [-0.15, -0.1) is 0 Å². The Kier molecular flexibility index (Phi) is 5.38. The minimum Gasteiger partial charge on any atom is -0.438 e. The topological polar surface area (TPSA) is 38.9 Å². The predicted molar refractivity (Wildman–Crippen MR) is 205 cm³/mol. The number of hydrogen-bond donors (Lipinski definition) is 0. The number of fused-ring (bicyclic) bond motifs is 13. The van der Waals surface area contributed by atoms with Gasteiger partial charge < -0.3 is 4.42 Å². The van der Waals surface area contributed by atoms with E-state index in [0.29, 0.717) is 11.5 Å². The van der Waals surface area contributed by atoms with E-state index >= 15 is 0 Å². The summed E-state index contributed by atoms with van der Waals surface area (Å²) in [5.41, 5.74) is 4.87. The van der Waals surface area contributed by atoms with Gasteiger partial charge in [0.15, 0.2) is 5.82 Å². The first-order valence-electron chi connectivity index (χ1n) is 16.7. The minimum atomic E-state index is 0.599. The first-order chi connectivity index (χ1) is 24.3. The molecule has 11 rings (SSSR count). The van der Waals surface area contributed by atoms with E-state index in [1.807, 2.05) is 24.4 Å². The summed E-state index contributed by atoms with van der Waals surface area (Å²) in [4.78, 5) is 9.84. The Morgan fingerprint density at radius 2 is 0.776 bits per heavy atom. The number of rotatable bonds is 1. The number of benzene rings is 7. The fourth-order valence-corrected chi connectivity index (χ4v) is 8.19. The molecule has 2 aromatic heterocycles. The van der Waals surface area contributed by atoms with Crippen LogP contribution in [0.5, 0.6) is 0 Å². The van der Waals surface area contributed by atoms with Gasteiger partial charge >= 0.3 is 0 Å². The van der Waals surface area contributed by atoms with E-state index in [1.165, 1.54) is 70.4 Å². The van der Waals surface area contributed by atoms with E-state index in [9.17, 15) is 0 Å². The van der Waals surface area contributed by atoms with Gasteiger partial charge in [0.2, 0.25) is 5.71 Å². The molecule has 0 fully saturated rings. The summed E-state index contributed by atoms with van der Waals surface area (Å²) in [7, 11) is 0. The fourth-order valence-electron chi connectivity index (χ4n) is 8.19. The molecule has 3 nitrogen and oxygen atoms in total. The molecule has 0 saturated heterocycles. The molecule has 7 aromatic carbocycles. The van der Waals surface area contributed by atoms with Crippen LogP contribution in [0.25, 0.3) is 109 Å². The van der Waals surface area contributed by atoms with Crippen LogP contribution in [-0.2, 0) is 0 Å². The van der Waals surface area contributed by atoms with E-state index in [0.717, 1.165) is 27.3 Å². The monoisotopic (exact) mass is 622 g/mol. The van der Waals surface area contributed by atoms with Crippen molar-refractivity contribution < 1.29 is 4.42 Å². The molecule has 0 amide bonds. The zero-order valence-electron chi connectivity index (χ0n) is 26.3. The molecule has 49 heavy (non-hydrogen) atoms. The van der Waals surface area contributed by atoms with E-state index in [4.69, 9.17) is 14.4 Å². The second-order valence-corrected chi connectivity index (χ2v) is 12.9. The maximum absolute atomic E-state index is 6.18. The van der Waals surface area contributed by atoms with E-state index in [-0.39, 0.29) is 0 Å². The Bertz CT molecular complexity index is 3170. The van der Waals surface area contributed by atoms with Crippen molar-refractivity contribution in [3.05, 3.63) is 158 Å². The summed E-state index contributed by atoms with van der Waals surface area (Å²) in [5.74, 6) is 0.642. The largest absolute Gasteiger partial charge is 0.438 e. The third-order valence-corrected chi connectivity index (χ3v) is 10.3. The standard InChI is InChI=1S/C46H26N2O/c1-4-14-31-28(11-1)29-12-2-5-15-32(29)38-20-10-21-39-40-25-27(45-47-26-41-35-17-7-8-22-42(35)49-46(41)48-45)23-24-34(40)30-13-3-6-16-33(30)37-19-9-18-36(31)43(37)44(38)39/h1-26H. The molecule has 2 heterocycles. The molecule has 0 bridgehead atoms. The molecule has 0 saturated carbocycles. The number of nitrogens with zero attached hydrogens (tertiary/aromatic N) is 2. The van der Waals surface area contributed by atoms with Gasteiger partial charge in [-0.2, -0.15) is 4.98 Å². The zero-order chi connectivity index (χ0) is 32.1. The zero-order valence-corrected chi connectivity index (χ0v) is 26.3. The van der Waals surface area contributed by atoms with E-state index < -0.39 is 0 Å². The molecule has 0 N–H and O–H groups in total. The van der Waals surface area contributed by atoms with Gasteiger partial charge in [0, 0.05) is 17.1 Å². The van der Waals surface area contributed by atoms with Gasteiger partial charge in [0.25, 0.3) is 0 Å². The van der Waals surface area contributed by atoms with Crippen LogP contribution in [0, 0.1) is 0 Å². The molecule has 0 spiro atoms. The lowest BCUT2D eigenvalue weighted by Gasteiger charge is -2.19. The molecule has 0 atom stereocenters. The van der Waals surface area contributed by atoms with Gasteiger partial charge in [-0.1, -0.05) is 140 Å². The molecule has 2 aliphatic carbocycles. The maximum atomic E-state index is 6.18. The first kappa shape index (κ1) is 26.5. The lowest BCUT2D eigenvalue weighted by molar-refractivity contribution is 0.653. The first-order valence-corrected chi connectivity index (χ1v) is 16.7. The summed E-state index contributed by atoms with van der Waals surface area (Å²) < 4.78 is 6.18. The quantitative estimate of drug-likeness (QED) is 0.183. The van der Waals surface area contributed by atoms with Crippen LogP contribution >= 0.6 is 0 Å². The SMILES string of the molecule is c1ccc2c(c1)oc1nc(-c3ccc4c(c3)c3cccc5c3-c3c(cccc3c3ccccc34)c3ccccc3c3ccccc53)ncc12. The van der Waals surface area contributed by atoms with E-state index in [1.54, 1.807) is 0 Å². The highest BCUT2D eigenvalue weighted by Gasteiger charge is 2.20. The average Bonchev–Trinajstić information content (AvgIpc) is 3.54. The van der Waals surface area contributed by atoms with Crippen LogP contribution in [0.3, 0.4) is 0 Å². The van der Waals surface area contributed by atoms with Crippen LogP contribution in [-0.4, -0.2) is 9.97 Å². The van der Waals surface area contributed by atoms with Gasteiger partial charge in [0.05, 0.1) is 5.39 Å². The molecule has 226 valence electrons. The van der Waals surface area contributed by atoms with Crippen molar-refractivity contribution in [3.63, 3.8) is 0 Å². The lowest BCUT2D eigenvalue weighted by atomic mass is 9.83. The van der Waals surface area contributed by atoms with Crippen LogP contribution in [0.4, 0.5) is 0 Å². The second-order valence-electron chi connectivity index (χ2n) is 12.9. The van der Waals surface area contributed by atoms with Crippen molar-refractivity contribution in [1.29, 1.82) is 0 Å². The Labute approximate surface area is 280 Å². The number of hydrogen-bond acceptors (Lipinski definition) is 3. The molecular formula is C46H26N2O. The van der Waals surface area contributed by atoms with Crippen molar-refractivity contribution in [2.75, 3.05) is 0 Å². The van der Waals surface area contributed by atoms with Gasteiger partial charge in [-0.3, -0.25) is 0 Å². The third kappa shape index (κ3) is 3.73. The molecule has 0 unspecified atom stereocenters. The Balaban J connectivity index is 1.37. The van der Waals surface area contributed by atoms with Crippen molar-refractivity contribution in [1.82, 2.24) is 9.97 Å². The molecule has 9 aromatic rings. The van der Waals surface area contributed by atoms with Crippen molar-refractivity contribution in [2.24, 2.45) is 0 Å². The van der Waals surface area contributed by atoms with Crippen LogP contribution in [0.2, 0.25) is 0 Å². The summed E-state index contributed by atoms with van der Waals surface area (Å²) in [6, 6.07) is 54.8. The fraction of sp³-hybridized carbons (Fsp3) is 0. The Morgan fingerprint density at radius 3 is 1.33 bits per heavy atom. The molecule has 2 aliphatic rings. The van der Waals surface area contributed by atoms with Crippen LogP contribution in [0.1, 0.15) is 0 Å². The van der Waals surface area contributed by atoms with Gasteiger partial charge in [0.1, 0.15) is 5.58 Å². The maximum Gasteiger partial charge on any atom is 0.230 e. The normalized spacial score (nSPS) is 12.1. The van der Waals surface area contributed by atoms with Gasteiger partial charge in [-0.25, -0.2) is 4.98 Å². The number of para-hydroxylation sites is 1. The summed E-state index contributed by atoms with van der Waals surface area (Å²) in [5, 5.41) is 16.6. The number of aromatic nitrogens is 2. The van der Waals surface area contributed by atoms with Crippen molar-refractivity contribution >= 4 is 86.7 Å². The Morgan fingerprint density at radius 1 is 0.347 bits per heavy atom. The summed E-state index contributed by atoms with van der Waals surface area (Å²) in [6.07, 6.45) is 1.89. The highest BCUT2D eigenvalue weighted by atomic mass is 16.3. The van der Waals surface area contributed by atoms with Crippen molar-refractivity contribution in [3.8, 4) is 22.5 Å². The summed E-state index contributed by atoms with van der Waals surface area (Å²) >= 11 is 0. The molecule has 0 aliphatic heterocycles. The highest BCUT2D eigenvalue weighted by molar-refractivity contribution is 6.31. The van der Waals surface area contributed by atoms with Crippen molar-refractivity contribution in [2.45, 2.75) is 0 Å². The third-order valence-electron chi connectivity index (χ3n) is 10.3. The Hall–Kier alpha value is -6.58. The molecule has 3 heteroatoms. The lowest BCUT2D eigenvalue weighted by Crippen LogP contribution is -1.93.